The maximum Gasteiger partial charge on any atom is 0.0510 e. The fraction of sp³-hybridized carbons (Fsp3) is 0.125. The second kappa shape index (κ2) is 5.26. The van der Waals surface area contributed by atoms with Crippen LogP contribution in [0, 0.1) is 6.92 Å². The lowest BCUT2D eigenvalue weighted by molar-refractivity contribution is 0.801. The molecule has 0 saturated carbocycles. The third kappa shape index (κ3) is 2.17. The second-order valence-corrected chi connectivity index (χ2v) is 6.46. The number of nitrogens with two attached hydrogens (primary N) is 1. The van der Waals surface area contributed by atoms with E-state index in [9.17, 15) is 0 Å². The van der Waals surface area contributed by atoms with E-state index in [0.717, 1.165) is 26.7 Å². The lowest BCUT2D eigenvalue weighted by Gasteiger charge is -2.12. The molecule has 2 aromatic carbocycles. The lowest BCUT2D eigenvalue weighted by Crippen LogP contribution is -2.05. The number of halogens is 2. The van der Waals surface area contributed by atoms with Gasteiger partial charge in [0, 0.05) is 36.8 Å². The van der Waals surface area contributed by atoms with Gasteiger partial charge in [-0.3, -0.25) is 0 Å². The third-order valence-electron chi connectivity index (χ3n) is 3.63. The minimum atomic E-state index is 0.755. The Kier molecular flexibility index (Phi) is 3.61. The standard InChI is InChI=1S/C16H14Br2N2/c1-10-16(18)11-5-2-3-8-15(11)20(10)9-12-13(17)6-4-7-14(12)19/h2-8H,9,19H2,1H3. The first-order valence-electron chi connectivity index (χ1n) is 6.36. The third-order valence-corrected chi connectivity index (χ3v) is 5.37. The van der Waals surface area contributed by atoms with E-state index in [-0.39, 0.29) is 0 Å². The van der Waals surface area contributed by atoms with Gasteiger partial charge < -0.3 is 10.3 Å². The molecule has 0 aliphatic rings. The molecule has 3 rings (SSSR count). The van der Waals surface area contributed by atoms with Crippen molar-refractivity contribution >= 4 is 48.5 Å². The van der Waals surface area contributed by atoms with Gasteiger partial charge in [-0.25, -0.2) is 0 Å². The van der Waals surface area contributed by atoms with Crippen LogP contribution in [-0.4, -0.2) is 4.57 Å². The Balaban J connectivity index is 2.19. The van der Waals surface area contributed by atoms with Gasteiger partial charge in [0.1, 0.15) is 0 Å². The molecule has 2 N–H and O–H groups in total. The van der Waals surface area contributed by atoms with Crippen molar-refractivity contribution in [2.24, 2.45) is 0 Å². The Hall–Kier alpha value is -1.26. The highest BCUT2D eigenvalue weighted by molar-refractivity contribution is 9.11. The van der Waals surface area contributed by atoms with E-state index in [1.807, 2.05) is 18.2 Å². The topological polar surface area (TPSA) is 30.9 Å². The van der Waals surface area contributed by atoms with Gasteiger partial charge in [-0.15, -0.1) is 0 Å². The van der Waals surface area contributed by atoms with Crippen LogP contribution >= 0.6 is 31.9 Å². The van der Waals surface area contributed by atoms with Crippen LogP contribution in [-0.2, 0) is 6.54 Å². The molecule has 0 saturated heterocycles. The van der Waals surface area contributed by atoms with Crippen LogP contribution in [0.3, 0.4) is 0 Å². The summed E-state index contributed by atoms with van der Waals surface area (Å²) in [6, 6.07) is 14.3. The molecule has 3 aromatic rings. The molecular formula is C16H14Br2N2. The molecular weight excluding hydrogens is 380 g/mol. The summed E-state index contributed by atoms with van der Waals surface area (Å²) < 4.78 is 4.49. The average Bonchev–Trinajstić information content (AvgIpc) is 2.68. The minimum absolute atomic E-state index is 0.755. The number of anilines is 1. The summed E-state index contributed by atoms with van der Waals surface area (Å²) in [6.07, 6.45) is 0. The molecule has 0 spiro atoms. The van der Waals surface area contributed by atoms with Gasteiger partial charge in [-0.1, -0.05) is 40.2 Å². The van der Waals surface area contributed by atoms with Crippen molar-refractivity contribution in [2.75, 3.05) is 5.73 Å². The van der Waals surface area contributed by atoms with E-state index in [1.165, 1.54) is 16.6 Å². The largest absolute Gasteiger partial charge is 0.398 e. The van der Waals surface area contributed by atoms with Crippen LogP contribution in [0.1, 0.15) is 11.3 Å². The summed E-state index contributed by atoms with van der Waals surface area (Å²) in [6.45, 7) is 2.88. The SMILES string of the molecule is Cc1c(Br)c2ccccc2n1Cc1c(N)cccc1Br. The number of nitrogen functional groups attached to an aromatic ring is 1. The van der Waals surface area contributed by atoms with E-state index in [4.69, 9.17) is 5.73 Å². The van der Waals surface area contributed by atoms with Crippen LogP contribution in [0.5, 0.6) is 0 Å². The molecule has 0 radical (unpaired) electrons. The zero-order chi connectivity index (χ0) is 14.3. The van der Waals surface area contributed by atoms with Crippen molar-refractivity contribution in [3.05, 3.63) is 62.7 Å². The Morgan fingerprint density at radius 2 is 1.80 bits per heavy atom. The van der Waals surface area contributed by atoms with Crippen LogP contribution in [0.25, 0.3) is 10.9 Å². The van der Waals surface area contributed by atoms with Gasteiger partial charge in [0.2, 0.25) is 0 Å². The van der Waals surface area contributed by atoms with Gasteiger partial charge in [0.05, 0.1) is 6.54 Å². The highest BCUT2D eigenvalue weighted by Crippen LogP contribution is 2.32. The Labute approximate surface area is 134 Å². The number of para-hydroxylation sites is 1. The Morgan fingerprint density at radius 1 is 1.05 bits per heavy atom. The molecule has 0 bridgehead atoms. The fourth-order valence-electron chi connectivity index (χ4n) is 2.49. The highest BCUT2D eigenvalue weighted by Gasteiger charge is 2.13. The number of rotatable bonds is 2. The van der Waals surface area contributed by atoms with Gasteiger partial charge in [-0.2, -0.15) is 0 Å². The predicted molar refractivity (Wildman–Crippen MR) is 92.0 cm³/mol. The number of fused-ring (bicyclic) bond motifs is 1. The molecule has 102 valence electrons. The molecule has 0 amide bonds. The first kappa shape index (κ1) is 13.7. The summed E-state index contributed by atoms with van der Waals surface area (Å²) in [5, 5.41) is 1.23. The first-order chi connectivity index (χ1) is 9.59. The van der Waals surface area contributed by atoms with E-state index in [0.29, 0.717) is 0 Å². The van der Waals surface area contributed by atoms with Gasteiger partial charge in [0.25, 0.3) is 0 Å². The van der Waals surface area contributed by atoms with Gasteiger partial charge >= 0.3 is 0 Å². The zero-order valence-electron chi connectivity index (χ0n) is 11.0. The summed E-state index contributed by atoms with van der Waals surface area (Å²) in [7, 11) is 0. The monoisotopic (exact) mass is 392 g/mol. The molecule has 0 atom stereocenters. The molecule has 0 aliphatic carbocycles. The van der Waals surface area contributed by atoms with Crippen molar-refractivity contribution in [1.82, 2.24) is 4.57 Å². The summed E-state index contributed by atoms with van der Waals surface area (Å²) in [5.41, 5.74) is 10.5. The summed E-state index contributed by atoms with van der Waals surface area (Å²) >= 11 is 7.28. The Bertz CT molecular complexity index is 770. The maximum atomic E-state index is 6.12. The van der Waals surface area contributed by atoms with Crippen molar-refractivity contribution in [3.63, 3.8) is 0 Å². The molecule has 0 aliphatic heterocycles. The normalized spacial score (nSPS) is 11.2. The van der Waals surface area contributed by atoms with Crippen molar-refractivity contribution in [3.8, 4) is 0 Å². The molecule has 4 heteroatoms. The summed E-state index contributed by atoms with van der Waals surface area (Å²) in [5.74, 6) is 0. The predicted octanol–water partition coefficient (Wildman–Crippen LogP) is 5.11. The quantitative estimate of drug-likeness (QED) is 0.603. The van der Waals surface area contributed by atoms with Gasteiger partial charge in [-0.05, 0) is 41.1 Å². The van der Waals surface area contributed by atoms with Gasteiger partial charge in [0.15, 0.2) is 0 Å². The van der Waals surface area contributed by atoms with Crippen LogP contribution < -0.4 is 5.73 Å². The zero-order valence-corrected chi connectivity index (χ0v) is 14.2. The maximum absolute atomic E-state index is 6.12. The second-order valence-electron chi connectivity index (χ2n) is 4.81. The van der Waals surface area contributed by atoms with Crippen molar-refractivity contribution < 1.29 is 0 Å². The van der Waals surface area contributed by atoms with Crippen molar-refractivity contribution in [1.29, 1.82) is 0 Å². The van der Waals surface area contributed by atoms with E-state index in [2.05, 4.69) is 67.6 Å². The Morgan fingerprint density at radius 3 is 2.55 bits per heavy atom. The van der Waals surface area contributed by atoms with Crippen LogP contribution in [0.2, 0.25) is 0 Å². The van der Waals surface area contributed by atoms with Crippen LogP contribution in [0.4, 0.5) is 5.69 Å². The number of hydrogen-bond donors (Lipinski definition) is 1. The molecule has 0 fully saturated rings. The highest BCUT2D eigenvalue weighted by atomic mass is 79.9. The number of aromatic nitrogens is 1. The molecule has 2 nitrogen and oxygen atoms in total. The minimum Gasteiger partial charge on any atom is -0.398 e. The number of nitrogens with zero attached hydrogens (tertiary/aromatic N) is 1. The molecule has 1 heterocycles. The molecule has 1 aromatic heterocycles. The summed E-state index contributed by atoms with van der Waals surface area (Å²) in [4.78, 5) is 0. The molecule has 0 unspecified atom stereocenters. The van der Waals surface area contributed by atoms with Crippen molar-refractivity contribution in [2.45, 2.75) is 13.5 Å². The first-order valence-corrected chi connectivity index (χ1v) is 7.94. The fourth-order valence-corrected chi connectivity index (χ4v) is 3.55. The lowest BCUT2D eigenvalue weighted by atomic mass is 10.2. The number of hydrogen-bond acceptors (Lipinski definition) is 1. The van der Waals surface area contributed by atoms with E-state index in [1.54, 1.807) is 0 Å². The van der Waals surface area contributed by atoms with E-state index >= 15 is 0 Å². The van der Waals surface area contributed by atoms with E-state index < -0.39 is 0 Å². The molecule has 20 heavy (non-hydrogen) atoms. The number of benzene rings is 2. The average molecular weight is 394 g/mol. The van der Waals surface area contributed by atoms with Crippen LogP contribution in [0.15, 0.2) is 51.4 Å². The smallest absolute Gasteiger partial charge is 0.0510 e.